The quantitative estimate of drug-likeness (QED) is 0.440. The van der Waals surface area contributed by atoms with Crippen molar-refractivity contribution in [2.75, 3.05) is 0 Å². The first kappa shape index (κ1) is 15.0. The van der Waals surface area contributed by atoms with Crippen LogP contribution >= 0.6 is 0 Å². The minimum atomic E-state index is -0.954. The van der Waals surface area contributed by atoms with E-state index >= 15 is 0 Å². The van der Waals surface area contributed by atoms with Gasteiger partial charge in [0.1, 0.15) is 0 Å². The van der Waals surface area contributed by atoms with E-state index in [1.165, 1.54) is 6.04 Å². The number of hydrogen-bond acceptors (Lipinski definition) is 0. The predicted molar refractivity (Wildman–Crippen MR) is 75.1 cm³/mol. The summed E-state index contributed by atoms with van der Waals surface area (Å²) in [6.45, 7) is 21.3. The third-order valence-corrected chi connectivity index (χ3v) is 3.96. The van der Waals surface area contributed by atoms with Gasteiger partial charge < -0.3 is 0 Å². The molecule has 0 heterocycles. The minimum Gasteiger partial charge on any atom is -0.0869 e. The van der Waals surface area contributed by atoms with E-state index in [0.717, 1.165) is 0 Å². The highest BCUT2D eigenvalue weighted by atomic mass is 28.3. The molecule has 0 saturated carbocycles. The van der Waals surface area contributed by atoms with E-state index in [4.69, 9.17) is 0 Å². The molecule has 0 aromatic carbocycles. The highest BCUT2D eigenvalue weighted by molar-refractivity contribution is 6.76. The Bertz CT molecular complexity index is 212. The van der Waals surface area contributed by atoms with Crippen molar-refractivity contribution in [3.05, 3.63) is 11.6 Å². The second-order valence-electron chi connectivity index (χ2n) is 7.88. The molecule has 0 N–H and O–H groups in total. The van der Waals surface area contributed by atoms with Crippen molar-refractivity contribution < 1.29 is 0 Å². The van der Waals surface area contributed by atoms with E-state index in [1.54, 1.807) is 5.57 Å². The zero-order chi connectivity index (χ0) is 12.5. The van der Waals surface area contributed by atoms with Gasteiger partial charge in [-0.1, -0.05) is 72.8 Å². The molecule has 0 saturated heterocycles. The van der Waals surface area contributed by atoms with Crippen LogP contribution in [0.15, 0.2) is 11.6 Å². The molecule has 0 aromatic rings. The molecule has 0 spiro atoms. The van der Waals surface area contributed by atoms with Gasteiger partial charge in [-0.3, -0.25) is 0 Å². The van der Waals surface area contributed by atoms with Crippen molar-refractivity contribution in [1.29, 1.82) is 0 Å². The standard InChI is InChI=1S/C14H30Si/c1-13(2,3)12(14(4,5)6)10-11-15(7,8)9/h10H,11H2,1-9H3. The van der Waals surface area contributed by atoms with E-state index in [9.17, 15) is 0 Å². The molecule has 0 aliphatic rings. The Hall–Kier alpha value is -0.0431. The van der Waals surface area contributed by atoms with Crippen LogP contribution in [0.3, 0.4) is 0 Å². The van der Waals surface area contributed by atoms with Crippen LogP contribution in [0.5, 0.6) is 0 Å². The van der Waals surface area contributed by atoms with Crippen LogP contribution in [0.2, 0.25) is 25.7 Å². The molecule has 0 radical (unpaired) electrons. The van der Waals surface area contributed by atoms with Gasteiger partial charge in [0.2, 0.25) is 0 Å². The molecule has 0 aromatic heterocycles. The molecule has 0 atom stereocenters. The van der Waals surface area contributed by atoms with Crippen molar-refractivity contribution in [3.8, 4) is 0 Å². The Kier molecular flexibility index (Phi) is 4.43. The molecule has 0 rings (SSSR count). The number of hydrogen-bond donors (Lipinski definition) is 0. The first-order chi connectivity index (χ1) is 6.34. The fraction of sp³-hybridized carbons (Fsp3) is 0.857. The fourth-order valence-electron chi connectivity index (χ4n) is 2.15. The van der Waals surface area contributed by atoms with Crippen LogP contribution in [-0.4, -0.2) is 8.07 Å². The Morgan fingerprint density at radius 1 is 0.867 bits per heavy atom. The van der Waals surface area contributed by atoms with Gasteiger partial charge in [0.15, 0.2) is 0 Å². The van der Waals surface area contributed by atoms with Gasteiger partial charge in [-0.25, -0.2) is 0 Å². The summed E-state index contributed by atoms with van der Waals surface area (Å²) in [5.41, 5.74) is 2.22. The SMILES string of the molecule is CC(C)(C)C(=CC[Si](C)(C)C)C(C)(C)C. The van der Waals surface area contributed by atoms with Crippen LogP contribution in [0.25, 0.3) is 0 Å². The fourth-order valence-corrected chi connectivity index (χ4v) is 2.96. The maximum atomic E-state index is 2.52. The van der Waals surface area contributed by atoms with Crippen molar-refractivity contribution in [2.24, 2.45) is 10.8 Å². The van der Waals surface area contributed by atoms with Crippen molar-refractivity contribution in [1.82, 2.24) is 0 Å². The Morgan fingerprint density at radius 2 is 1.20 bits per heavy atom. The van der Waals surface area contributed by atoms with Crippen molar-refractivity contribution >= 4 is 8.07 Å². The molecule has 0 aliphatic carbocycles. The van der Waals surface area contributed by atoms with E-state index < -0.39 is 8.07 Å². The topological polar surface area (TPSA) is 0 Å². The third kappa shape index (κ3) is 6.19. The molecule has 0 amide bonds. The predicted octanol–water partition coefficient (Wildman–Crippen LogP) is 5.34. The van der Waals surface area contributed by atoms with Gasteiger partial charge in [0, 0.05) is 8.07 Å². The average molecular weight is 226 g/mol. The molecule has 0 bridgehead atoms. The maximum absolute atomic E-state index is 2.52. The van der Waals surface area contributed by atoms with Crippen LogP contribution in [0.1, 0.15) is 41.5 Å². The molecule has 0 fully saturated rings. The zero-order valence-corrected chi connectivity index (χ0v) is 13.3. The molecule has 0 aliphatic heterocycles. The van der Waals surface area contributed by atoms with Gasteiger partial charge in [-0.15, -0.1) is 0 Å². The summed E-state index contributed by atoms with van der Waals surface area (Å²) in [7, 11) is -0.954. The molecule has 1 heteroatoms. The second kappa shape index (κ2) is 4.45. The zero-order valence-electron chi connectivity index (χ0n) is 12.3. The summed E-state index contributed by atoms with van der Waals surface area (Å²) >= 11 is 0. The van der Waals surface area contributed by atoms with Gasteiger partial charge in [-0.2, -0.15) is 0 Å². The maximum Gasteiger partial charge on any atom is 0.0480 e. The average Bonchev–Trinajstić information content (AvgIpc) is 1.75. The molecular weight excluding hydrogens is 196 g/mol. The van der Waals surface area contributed by atoms with Crippen LogP contribution in [0.4, 0.5) is 0 Å². The summed E-state index contributed by atoms with van der Waals surface area (Å²) < 4.78 is 0. The molecule has 15 heavy (non-hydrogen) atoms. The van der Waals surface area contributed by atoms with Gasteiger partial charge >= 0.3 is 0 Å². The number of allylic oxidation sites excluding steroid dienone is 2. The number of rotatable bonds is 2. The first-order valence-electron chi connectivity index (χ1n) is 6.05. The molecule has 90 valence electrons. The van der Waals surface area contributed by atoms with Gasteiger partial charge in [0.25, 0.3) is 0 Å². The lowest BCUT2D eigenvalue weighted by Gasteiger charge is -2.35. The lowest BCUT2D eigenvalue weighted by atomic mass is 9.72. The minimum absolute atomic E-state index is 0.303. The highest BCUT2D eigenvalue weighted by Crippen LogP contribution is 2.39. The summed E-state index contributed by atoms with van der Waals surface area (Å²) in [6, 6.07) is 1.30. The monoisotopic (exact) mass is 226 g/mol. The lowest BCUT2D eigenvalue weighted by Crippen LogP contribution is -2.24. The molecule has 0 unspecified atom stereocenters. The van der Waals surface area contributed by atoms with E-state index in [0.29, 0.717) is 10.8 Å². The van der Waals surface area contributed by atoms with E-state index in [1.807, 2.05) is 0 Å². The second-order valence-corrected chi connectivity index (χ2v) is 13.4. The smallest absolute Gasteiger partial charge is 0.0480 e. The van der Waals surface area contributed by atoms with Crippen molar-refractivity contribution in [3.63, 3.8) is 0 Å². The van der Waals surface area contributed by atoms with Crippen LogP contribution in [0, 0.1) is 10.8 Å². The molecule has 0 nitrogen and oxygen atoms in total. The van der Waals surface area contributed by atoms with E-state index in [2.05, 4.69) is 67.3 Å². The highest BCUT2D eigenvalue weighted by Gasteiger charge is 2.28. The first-order valence-corrected chi connectivity index (χ1v) is 9.76. The summed E-state index contributed by atoms with van der Waals surface area (Å²) in [6.07, 6.45) is 2.52. The van der Waals surface area contributed by atoms with Gasteiger partial charge in [-0.05, 0) is 16.9 Å². The van der Waals surface area contributed by atoms with Crippen molar-refractivity contribution in [2.45, 2.75) is 67.2 Å². The summed E-state index contributed by atoms with van der Waals surface area (Å²) in [5.74, 6) is 0. The normalized spacial score (nSPS) is 13.9. The Balaban J connectivity index is 4.99. The Morgan fingerprint density at radius 3 is 1.40 bits per heavy atom. The van der Waals surface area contributed by atoms with Crippen LogP contribution in [-0.2, 0) is 0 Å². The Labute approximate surface area is 98.2 Å². The largest absolute Gasteiger partial charge is 0.0869 e. The summed E-state index contributed by atoms with van der Waals surface area (Å²) in [4.78, 5) is 0. The third-order valence-electron chi connectivity index (χ3n) is 2.53. The summed E-state index contributed by atoms with van der Waals surface area (Å²) in [5, 5.41) is 0. The molecular formula is C14H30Si. The van der Waals surface area contributed by atoms with Crippen LogP contribution < -0.4 is 0 Å². The lowest BCUT2D eigenvalue weighted by molar-refractivity contribution is 0.361. The van der Waals surface area contributed by atoms with E-state index in [-0.39, 0.29) is 0 Å². The van der Waals surface area contributed by atoms with Gasteiger partial charge in [0.05, 0.1) is 0 Å².